The highest BCUT2D eigenvalue weighted by Crippen LogP contribution is 2.32. The Morgan fingerprint density at radius 2 is 1.91 bits per heavy atom. The number of hydrogen-bond acceptors (Lipinski definition) is 4. The summed E-state index contributed by atoms with van der Waals surface area (Å²) in [5.41, 5.74) is 2.38. The Morgan fingerprint density at radius 1 is 1.19 bits per heavy atom. The number of amides is 2. The molecule has 2 aromatic carbocycles. The standard InChI is InChI=1S/C24H27FN4O3/c1-15(2)14-29(3)21(30)13-26-24(31)18-10-12-20-22(23(18)32-4)19(27-28-20)11-7-16-5-8-17(25)9-6-16/h5-12,15H,13-14H2,1-4H3,(H,26,31)(H,27,28)/b11-7+. The highest BCUT2D eigenvalue weighted by molar-refractivity contribution is 6.06. The zero-order valence-corrected chi connectivity index (χ0v) is 18.6. The molecule has 0 fully saturated rings. The number of halogens is 1. The molecular formula is C24H27FN4O3. The SMILES string of the molecule is COc1c(C(=O)NCC(=O)N(C)CC(C)C)ccc2[nH]nc(/C=C/c3ccc(F)cc3)c12. The minimum Gasteiger partial charge on any atom is -0.495 e. The molecule has 0 saturated carbocycles. The molecule has 0 unspecified atom stereocenters. The maximum atomic E-state index is 13.1. The first-order valence-electron chi connectivity index (χ1n) is 10.3. The normalized spacial score (nSPS) is 11.3. The summed E-state index contributed by atoms with van der Waals surface area (Å²) in [7, 11) is 3.19. The predicted molar refractivity (Wildman–Crippen MR) is 123 cm³/mol. The Hall–Kier alpha value is -3.68. The van der Waals surface area contributed by atoms with Gasteiger partial charge in [0, 0.05) is 13.6 Å². The second-order valence-electron chi connectivity index (χ2n) is 7.91. The number of fused-ring (bicyclic) bond motifs is 1. The lowest BCUT2D eigenvalue weighted by Crippen LogP contribution is -2.39. The zero-order chi connectivity index (χ0) is 23.3. The number of carbonyl (C=O) groups is 2. The van der Waals surface area contributed by atoms with Gasteiger partial charge < -0.3 is 15.0 Å². The van der Waals surface area contributed by atoms with E-state index in [1.165, 1.54) is 19.2 Å². The molecule has 0 aliphatic heterocycles. The molecule has 2 N–H and O–H groups in total. The Kier molecular flexibility index (Phi) is 7.25. The first-order valence-corrected chi connectivity index (χ1v) is 10.3. The molecule has 0 aliphatic rings. The van der Waals surface area contributed by atoms with E-state index in [0.717, 1.165) is 5.56 Å². The van der Waals surface area contributed by atoms with Crippen LogP contribution < -0.4 is 10.1 Å². The summed E-state index contributed by atoms with van der Waals surface area (Å²) >= 11 is 0. The van der Waals surface area contributed by atoms with Crippen molar-refractivity contribution in [2.45, 2.75) is 13.8 Å². The summed E-state index contributed by atoms with van der Waals surface area (Å²) in [5, 5.41) is 10.5. The van der Waals surface area contributed by atoms with Crippen LogP contribution in [0, 0.1) is 11.7 Å². The molecule has 0 spiro atoms. The van der Waals surface area contributed by atoms with Crippen molar-refractivity contribution in [3.63, 3.8) is 0 Å². The molecule has 7 nitrogen and oxygen atoms in total. The molecule has 0 bridgehead atoms. The summed E-state index contributed by atoms with van der Waals surface area (Å²) in [6.07, 6.45) is 3.56. The molecule has 0 aliphatic carbocycles. The number of likely N-dealkylation sites (N-methyl/N-ethyl adjacent to an activating group) is 1. The zero-order valence-electron chi connectivity index (χ0n) is 18.6. The van der Waals surface area contributed by atoms with E-state index in [1.807, 2.05) is 13.8 Å². The minimum absolute atomic E-state index is 0.105. The first kappa shape index (κ1) is 23.0. The third-order valence-corrected chi connectivity index (χ3v) is 4.93. The number of aromatic nitrogens is 2. The van der Waals surface area contributed by atoms with Crippen molar-refractivity contribution in [1.29, 1.82) is 0 Å². The summed E-state index contributed by atoms with van der Waals surface area (Å²) in [4.78, 5) is 26.7. The van der Waals surface area contributed by atoms with Crippen molar-refractivity contribution in [3.8, 4) is 5.75 Å². The topological polar surface area (TPSA) is 87.3 Å². The maximum Gasteiger partial charge on any atom is 0.255 e. The third kappa shape index (κ3) is 5.32. The van der Waals surface area contributed by atoms with Crippen LogP contribution in [-0.2, 0) is 4.79 Å². The van der Waals surface area contributed by atoms with Gasteiger partial charge in [0.1, 0.15) is 11.6 Å². The van der Waals surface area contributed by atoms with Gasteiger partial charge in [-0.15, -0.1) is 0 Å². The minimum atomic E-state index is -0.412. The van der Waals surface area contributed by atoms with Crippen LogP contribution in [0.3, 0.4) is 0 Å². The first-order chi connectivity index (χ1) is 15.3. The molecule has 3 rings (SSSR count). The average Bonchev–Trinajstić information content (AvgIpc) is 3.18. The number of methoxy groups -OCH3 is 1. The van der Waals surface area contributed by atoms with E-state index in [9.17, 15) is 14.0 Å². The van der Waals surface area contributed by atoms with E-state index >= 15 is 0 Å². The second kappa shape index (κ2) is 10.1. The van der Waals surface area contributed by atoms with E-state index in [1.54, 1.807) is 48.4 Å². The summed E-state index contributed by atoms with van der Waals surface area (Å²) in [6, 6.07) is 9.44. The molecule has 2 amide bonds. The van der Waals surface area contributed by atoms with Gasteiger partial charge in [0.15, 0.2) is 0 Å². The van der Waals surface area contributed by atoms with Gasteiger partial charge in [-0.3, -0.25) is 14.7 Å². The second-order valence-corrected chi connectivity index (χ2v) is 7.91. The number of nitrogens with zero attached hydrogens (tertiary/aromatic N) is 2. The van der Waals surface area contributed by atoms with Gasteiger partial charge in [0.2, 0.25) is 5.91 Å². The van der Waals surface area contributed by atoms with E-state index in [4.69, 9.17) is 4.74 Å². The van der Waals surface area contributed by atoms with Gasteiger partial charge in [0.25, 0.3) is 5.91 Å². The lowest BCUT2D eigenvalue weighted by Gasteiger charge is -2.19. The van der Waals surface area contributed by atoms with Crippen LogP contribution >= 0.6 is 0 Å². The van der Waals surface area contributed by atoms with Crippen LogP contribution in [0.2, 0.25) is 0 Å². The van der Waals surface area contributed by atoms with Crippen LogP contribution in [0.4, 0.5) is 4.39 Å². The molecule has 0 atom stereocenters. The molecule has 32 heavy (non-hydrogen) atoms. The van der Waals surface area contributed by atoms with Gasteiger partial charge in [-0.05, 0) is 41.8 Å². The number of nitrogens with one attached hydrogen (secondary N) is 2. The maximum absolute atomic E-state index is 13.1. The highest BCUT2D eigenvalue weighted by Gasteiger charge is 2.20. The van der Waals surface area contributed by atoms with Crippen molar-refractivity contribution in [2.75, 3.05) is 27.2 Å². The quantitative estimate of drug-likeness (QED) is 0.561. The Morgan fingerprint density at radius 3 is 2.56 bits per heavy atom. The number of H-pyrrole nitrogens is 1. The molecule has 0 radical (unpaired) electrons. The van der Waals surface area contributed by atoms with Crippen LogP contribution in [0.15, 0.2) is 36.4 Å². The van der Waals surface area contributed by atoms with E-state index < -0.39 is 5.91 Å². The number of benzene rings is 2. The summed E-state index contributed by atoms with van der Waals surface area (Å²) in [5.74, 6) is -0.193. The van der Waals surface area contributed by atoms with Crippen molar-refractivity contribution in [3.05, 3.63) is 59.0 Å². The van der Waals surface area contributed by atoms with E-state index in [2.05, 4.69) is 15.5 Å². The number of ether oxygens (including phenoxy) is 1. The highest BCUT2D eigenvalue weighted by atomic mass is 19.1. The van der Waals surface area contributed by atoms with Gasteiger partial charge in [-0.1, -0.05) is 32.1 Å². The smallest absolute Gasteiger partial charge is 0.255 e. The van der Waals surface area contributed by atoms with Crippen LogP contribution in [0.25, 0.3) is 23.1 Å². The lowest BCUT2D eigenvalue weighted by molar-refractivity contribution is -0.129. The number of rotatable bonds is 8. The van der Waals surface area contributed by atoms with Gasteiger partial charge in [0.05, 0.1) is 35.8 Å². The molecule has 1 aromatic heterocycles. The fourth-order valence-corrected chi connectivity index (χ4v) is 3.40. The van der Waals surface area contributed by atoms with Crippen molar-refractivity contribution < 1.29 is 18.7 Å². The number of hydrogen-bond donors (Lipinski definition) is 2. The lowest BCUT2D eigenvalue weighted by atomic mass is 10.1. The molecule has 168 valence electrons. The monoisotopic (exact) mass is 438 g/mol. The molecule has 1 heterocycles. The van der Waals surface area contributed by atoms with Gasteiger partial charge >= 0.3 is 0 Å². The molecule has 3 aromatic rings. The van der Waals surface area contributed by atoms with Gasteiger partial charge in [-0.2, -0.15) is 5.10 Å². The summed E-state index contributed by atoms with van der Waals surface area (Å²) in [6.45, 7) is 4.56. The van der Waals surface area contributed by atoms with Crippen molar-refractivity contribution >= 4 is 34.9 Å². The van der Waals surface area contributed by atoms with Gasteiger partial charge in [-0.25, -0.2) is 4.39 Å². The van der Waals surface area contributed by atoms with Crippen LogP contribution in [0.1, 0.15) is 35.5 Å². The molecular weight excluding hydrogens is 411 g/mol. The predicted octanol–water partition coefficient (Wildman–Crippen LogP) is 3.73. The fourth-order valence-electron chi connectivity index (χ4n) is 3.40. The third-order valence-electron chi connectivity index (χ3n) is 4.93. The van der Waals surface area contributed by atoms with Crippen molar-refractivity contribution in [1.82, 2.24) is 20.4 Å². The average molecular weight is 439 g/mol. The van der Waals surface area contributed by atoms with E-state index in [0.29, 0.717) is 40.4 Å². The van der Waals surface area contributed by atoms with Crippen LogP contribution in [0.5, 0.6) is 5.75 Å². The Bertz CT molecular complexity index is 1140. The summed E-state index contributed by atoms with van der Waals surface area (Å²) < 4.78 is 18.7. The van der Waals surface area contributed by atoms with Crippen LogP contribution in [-0.4, -0.2) is 54.2 Å². The number of carbonyl (C=O) groups excluding carboxylic acids is 2. The Balaban J connectivity index is 1.83. The largest absolute Gasteiger partial charge is 0.495 e. The van der Waals surface area contributed by atoms with E-state index in [-0.39, 0.29) is 18.3 Å². The fraction of sp³-hybridized carbons (Fsp3) is 0.292. The number of aromatic amines is 1. The molecule has 8 heteroatoms. The Labute approximate surface area is 186 Å². The van der Waals surface area contributed by atoms with Crippen molar-refractivity contribution in [2.24, 2.45) is 5.92 Å². The molecule has 0 saturated heterocycles.